The lowest BCUT2D eigenvalue weighted by atomic mass is 9.91. The van der Waals surface area contributed by atoms with E-state index in [2.05, 4.69) is 24.1 Å². The summed E-state index contributed by atoms with van der Waals surface area (Å²) in [6, 6.07) is 12.3. The SMILES string of the molecule is CCOc1cc(C(C)(Nc2ccc(C(=N)N)cc2)C(=O)O)ccc1N(CC)CC. The second kappa shape index (κ2) is 9.32. The van der Waals surface area contributed by atoms with Gasteiger partial charge in [-0.05, 0) is 69.7 Å². The van der Waals surface area contributed by atoms with Crippen molar-refractivity contribution in [2.24, 2.45) is 5.73 Å². The minimum Gasteiger partial charge on any atom is -0.492 e. The number of carboxylic acid groups (broad SMARTS) is 1. The Bertz CT molecular complexity index is 863. The topological polar surface area (TPSA) is 112 Å². The van der Waals surface area contributed by atoms with Crippen LogP contribution in [0.5, 0.6) is 5.75 Å². The first-order valence-corrected chi connectivity index (χ1v) is 9.75. The average Bonchev–Trinajstić information content (AvgIpc) is 2.70. The van der Waals surface area contributed by atoms with Gasteiger partial charge in [0.2, 0.25) is 0 Å². The standard InChI is InChI=1S/C22H30N4O3/c1-5-26(6-2)18-13-10-16(14-19(18)29-7-3)22(4,21(27)28)25-17-11-8-15(9-12-17)20(23)24/h8-14,25H,5-7H2,1-4H3,(H3,23,24)(H,27,28). The molecule has 7 heteroatoms. The summed E-state index contributed by atoms with van der Waals surface area (Å²) in [5.74, 6) is -0.382. The molecule has 1 atom stereocenters. The van der Waals surface area contributed by atoms with Crippen LogP contribution in [0, 0.1) is 5.41 Å². The van der Waals surface area contributed by atoms with Crippen molar-refractivity contribution in [3.05, 3.63) is 53.6 Å². The summed E-state index contributed by atoms with van der Waals surface area (Å²) in [7, 11) is 0. The quantitative estimate of drug-likeness (QED) is 0.359. The Balaban J connectivity index is 2.46. The van der Waals surface area contributed by atoms with E-state index in [0.29, 0.717) is 29.2 Å². The summed E-state index contributed by atoms with van der Waals surface area (Å²) in [4.78, 5) is 14.4. The highest BCUT2D eigenvalue weighted by Crippen LogP contribution is 2.35. The van der Waals surface area contributed by atoms with E-state index in [4.69, 9.17) is 15.9 Å². The summed E-state index contributed by atoms with van der Waals surface area (Å²) < 4.78 is 5.83. The van der Waals surface area contributed by atoms with Crippen LogP contribution >= 0.6 is 0 Å². The number of anilines is 2. The van der Waals surface area contributed by atoms with Gasteiger partial charge in [0.15, 0.2) is 5.54 Å². The third-order valence-corrected chi connectivity index (χ3v) is 4.96. The number of carboxylic acids is 1. The Morgan fingerprint density at radius 2 is 1.79 bits per heavy atom. The molecule has 0 aliphatic carbocycles. The van der Waals surface area contributed by atoms with Gasteiger partial charge < -0.3 is 25.8 Å². The predicted octanol–water partition coefficient (Wildman–Crippen LogP) is 3.63. The largest absolute Gasteiger partial charge is 0.492 e. The van der Waals surface area contributed by atoms with E-state index in [1.807, 2.05) is 19.1 Å². The number of hydrogen-bond donors (Lipinski definition) is 4. The lowest BCUT2D eigenvalue weighted by Gasteiger charge is -2.30. The van der Waals surface area contributed by atoms with Gasteiger partial charge in [0.25, 0.3) is 0 Å². The van der Waals surface area contributed by atoms with Gasteiger partial charge in [0, 0.05) is 24.3 Å². The third kappa shape index (κ3) is 4.80. The number of hydrogen-bond acceptors (Lipinski definition) is 5. The first kappa shape index (κ1) is 22.1. The van der Waals surface area contributed by atoms with Gasteiger partial charge in [0.05, 0.1) is 12.3 Å². The van der Waals surface area contributed by atoms with Crippen LogP contribution in [0.15, 0.2) is 42.5 Å². The molecule has 0 heterocycles. The molecule has 5 N–H and O–H groups in total. The molecule has 0 spiro atoms. The lowest BCUT2D eigenvalue weighted by molar-refractivity contribution is -0.142. The van der Waals surface area contributed by atoms with E-state index < -0.39 is 11.5 Å². The van der Waals surface area contributed by atoms with Gasteiger partial charge in [0.1, 0.15) is 11.6 Å². The number of aliphatic carboxylic acids is 1. The first-order chi connectivity index (χ1) is 13.8. The summed E-state index contributed by atoms with van der Waals surface area (Å²) in [6.45, 7) is 9.81. The molecule has 2 aromatic rings. The Morgan fingerprint density at radius 3 is 2.28 bits per heavy atom. The summed E-state index contributed by atoms with van der Waals surface area (Å²) in [5, 5.41) is 20.6. The first-order valence-electron chi connectivity index (χ1n) is 9.75. The molecular weight excluding hydrogens is 368 g/mol. The van der Waals surface area contributed by atoms with Crippen LogP contribution in [-0.2, 0) is 10.3 Å². The Hall–Kier alpha value is -3.22. The minimum absolute atomic E-state index is 0.0362. The molecule has 0 saturated heterocycles. The lowest BCUT2D eigenvalue weighted by Crippen LogP contribution is -2.40. The maximum absolute atomic E-state index is 12.2. The fraction of sp³-hybridized carbons (Fsp3) is 0.364. The Labute approximate surface area is 172 Å². The number of ether oxygens (including phenoxy) is 1. The number of carbonyl (C=O) groups is 1. The van der Waals surface area contributed by atoms with Crippen molar-refractivity contribution in [1.82, 2.24) is 0 Å². The normalized spacial score (nSPS) is 12.7. The van der Waals surface area contributed by atoms with E-state index in [0.717, 1.165) is 18.8 Å². The molecule has 1 unspecified atom stereocenters. The number of rotatable bonds is 10. The van der Waals surface area contributed by atoms with E-state index in [1.54, 1.807) is 37.3 Å². The molecular formula is C22H30N4O3. The molecule has 2 aromatic carbocycles. The molecule has 0 saturated carbocycles. The molecule has 0 fully saturated rings. The summed E-state index contributed by atoms with van der Waals surface area (Å²) in [6.07, 6.45) is 0. The zero-order valence-corrected chi connectivity index (χ0v) is 17.5. The molecule has 0 radical (unpaired) electrons. The number of nitrogens with one attached hydrogen (secondary N) is 2. The third-order valence-electron chi connectivity index (χ3n) is 4.96. The molecule has 0 amide bonds. The van der Waals surface area contributed by atoms with Crippen molar-refractivity contribution in [3.63, 3.8) is 0 Å². The van der Waals surface area contributed by atoms with Crippen molar-refractivity contribution in [2.45, 2.75) is 33.2 Å². The van der Waals surface area contributed by atoms with E-state index in [-0.39, 0.29) is 5.84 Å². The fourth-order valence-corrected chi connectivity index (χ4v) is 3.19. The highest BCUT2D eigenvalue weighted by Gasteiger charge is 2.36. The number of nitrogens with two attached hydrogens (primary N) is 1. The second-order valence-electron chi connectivity index (χ2n) is 6.83. The molecule has 0 aromatic heterocycles. The minimum atomic E-state index is -1.37. The smallest absolute Gasteiger partial charge is 0.333 e. The van der Waals surface area contributed by atoms with Crippen LogP contribution in [-0.4, -0.2) is 36.6 Å². The Kier molecular flexibility index (Phi) is 7.09. The van der Waals surface area contributed by atoms with Crippen LogP contribution < -0.4 is 20.7 Å². The predicted molar refractivity (Wildman–Crippen MR) is 117 cm³/mol. The van der Waals surface area contributed by atoms with Crippen LogP contribution in [0.2, 0.25) is 0 Å². The van der Waals surface area contributed by atoms with Crippen molar-refractivity contribution < 1.29 is 14.6 Å². The van der Waals surface area contributed by atoms with Gasteiger partial charge in [-0.3, -0.25) is 5.41 Å². The zero-order chi connectivity index (χ0) is 21.6. The zero-order valence-electron chi connectivity index (χ0n) is 17.5. The van der Waals surface area contributed by atoms with E-state index in [1.165, 1.54) is 0 Å². The van der Waals surface area contributed by atoms with Gasteiger partial charge >= 0.3 is 5.97 Å². The van der Waals surface area contributed by atoms with Gasteiger partial charge in [-0.15, -0.1) is 0 Å². The van der Waals surface area contributed by atoms with Gasteiger partial charge in [-0.1, -0.05) is 6.07 Å². The molecule has 29 heavy (non-hydrogen) atoms. The fourth-order valence-electron chi connectivity index (χ4n) is 3.19. The summed E-state index contributed by atoms with van der Waals surface area (Å²) >= 11 is 0. The van der Waals surface area contributed by atoms with Crippen LogP contribution in [0.3, 0.4) is 0 Å². The molecule has 0 aliphatic rings. The molecule has 2 rings (SSSR count). The second-order valence-corrected chi connectivity index (χ2v) is 6.83. The van der Waals surface area contributed by atoms with Crippen LogP contribution in [0.25, 0.3) is 0 Å². The molecule has 0 bridgehead atoms. The Morgan fingerprint density at radius 1 is 1.17 bits per heavy atom. The maximum atomic E-state index is 12.2. The number of amidine groups is 1. The van der Waals surface area contributed by atoms with Crippen molar-refractivity contribution in [2.75, 3.05) is 29.9 Å². The van der Waals surface area contributed by atoms with E-state index in [9.17, 15) is 9.90 Å². The maximum Gasteiger partial charge on any atom is 0.333 e. The number of benzene rings is 2. The van der Waals surface area contributed by atoms with Crippen LogP contribution in [0.1, 0.15) is 38.8 Å². The molecule has 7 nitrogen and oxygen atoms in total. The van der Waals surface area contributed by atoms with Crippen LogP contribution in [0.4, 0.5) is 11.4 Å². The molecule has 156 valence electrons. The number of nitrogen functional groups attached to an aromatic ring is 1. The average molecular weight is 399 g/mol. The van der Waals surface area contributed by atoms with Gasteiger partial charge in [-0.2, -0.15) is 0 Å². The molecule has 0 aliphatic heterocycles. The monoisotopic (exact) mass is 398 g/mol. The highest BCUT2D eigenvalue weighted by molar-refractivity contribution is 5.95. The van der Waals surface area contributed by atoms with Crippen molar-refractivity contribution in [3.8, 4) is 5.75 Å². The van der Waals surface area contributed by atoms with Gasteiger partial charge in [-0.25, -0.2) is 4.79 Å². The number of nitrogens with zero attached hydrogens (tertiary/aromatic N) is 1. The van der Waals surface area contributed by atoms with Crippen molar-refractivity contribution in [1.29, 1.82) is 5.41 Å². The van der Waals surface area contributed by atoms with Crippen molar-refractivity contribution >= 4 is 23.2 Å². The highest BCUT2D eigenvalue weighted by atomic mass is 16.5. The van der Waals surface area contributed by atoms with E-state index >= 15 is 0 Å². The summed E-state index contributed by atoms with van der Waals surface area (Å²) in [5.41, 5.74) is 6.84.